The summed E-state index contributed by atoms with van der Waals surface area (Å²) in [5.41, 5.74) is 3.86. The molecule has 0 bridgehead atoms. The third-order valence-electron chi connectivity index (χ3n) is 2.50. The highest BCUT2D eigenvalue weighted by atomic mass is 14.9. The maximum Gasteiger partial charge on any atom is 0.0161 e. The van der Waals surface area contributed by atoms with Gasteiger partial charge in [-0.05, 0) is 33.4 Å². The molecule has 3 heteroatoms. The predicted molar refractivity (Wildman–Crippen MR) is 70.1 cm³/mol. The fraction of sp³-hybridized carbons (Fsp3) is 0.538. The van der Waals surface area contributed by atoms with Crippen LogP contribution in [0.2, 0.25) is 0 Å². The van der Waals surface area contributed by atoms with Gasteiger partial charge in [-0.2, -0.15) is 0 Å². The summed E-state index contributed by atoms with van der Waals surface area (Å²) in [5, 5.41) is 9.87. The normalized spacial score (nSPS) is 18.3. The second-order valence-electron chi connectivity index (χ2n) is 4.20. The second-order valence-corrected chi connectivity index (χ2v) is 4.20. The average molecular weight is 221 g/mol. The van der Waals surface area contributed by atoms with Gasteiger partial charge in [0.05, 0.1) is 0 Å². The van der Waals surface area contributed by atoms with E-state index < -0.39 is 0 Å². The SMILES string of the molecule is CNC/C(C)=C\C=C(/C)NC1=CCNCC1. The van der Waals surface area contributed by atoms with Crippen LogP contribution in [0, 0.1) is 0 Å². The first-order valence-corrected chi connectivity index (χ1v) is 5.88. The number of nitrogens with one attached hydrogen (secondary N) is 3. The van der Waals surface area contributed by atoms with Gasteiger partial charge in [0.2, 0.25) is 0 Å². The van der Waals surface area contributed by atoms with Crippen molar-refractivity contribution < 1.29 is 0 Å². The minimum absolute atomic E-state index is 0.941. The summed E-state index contributed by atoms with van der Waals surface area (Å²) in [6.45, 7) is 7.22. The molecule has 0 spiro atoms. The first-order chi connectivity index (χ1) is 7.72. The van der Waals surface area contributed by atoms with Gasteiger partial charge in [0.25, 0.3) is 0 Å². The summed E-state index contributed by atoms with van der Waals surface area (Å²) in [7, 11) is 1.96. The molecule has 0 aliphatic carbocycles. The number of allylic oxidation sites excluding steroid dienone is 3. The molecule has 0 saturated carbocycles. The van der Waals surface area contributed by atoms with Gasteiger partial charge in [0.15, 0.2) is 0 Å². The largest absolute Gasteiger partial charge is 0.363 e. The number of rotatable bonds is 5. The molecule has 0 radical (unpaired) electrons. The molecule has 1 aliphatic heterocycles. The molecule has 16 heavy (non-hydrogen) atoms. The van der Waals surface area contributed by atoms with Crippen LogP contribution in [0.5, 0.6) is 0 Å². The van der Waals surface area contributed by atoms with Gasteiger partial charge >= 0.3 is 0 Å². The lowest BCUT2D eigenvalue weighted by molar-refractivity contribution is 0.672. The molecule has 3 N–H and O–H groups in total. The molecule has 3 nitrogen and oxygen atoms in total. The molecule has 0 aromatic heterocycles. The van der Waals surface area contributed by atoms with E-state index in [9.17, 15) is 0 Å². The van der Waals surface area contributed by atoms with E-state index in [1.165, 1.54) is 17.0 Å². The molecule has 1 rings (SSSR count). The Morgan fingerprint density at radius 1 is 1.44 bits per heavy atom. The predicted octanol–water partition coefficient (Wildman–Crippen LogP) is 1.52. The van der Waals surface area contributed by atoms with Crippen LogP contribution in [0.15, 0.2) is 35.2 Å². The van der Waals surface area contributed by atoms with Crippen LogP contribution in [-0.2, 0) is 0 Å². The van der Waals surface area contributed by atoms with Crippen molar-refractivity contribution in [3.8, 4) is 0 Å². The first-order valence-electron chi connectivity index (χ1n) is 5.88. The zero-order valence-electron chi connectivity index (χ0n) is 10.6. The summed E-state index contributed by atoms with van der Waals surface area (Å²) in [4.78, 5) is 0. The Bertz CT molecular complexity index is 300. The van der Waals surface area contributed by atoms with Gasteiger partial charge in [0, 0.05) is 31.0 Å². The van der Waals surface area contributed by atoms with Gasteiger partial charge in [-0.1, -0.05) is 17.7 Å². The van der Waals surface area contributed by atoms with Crippen LogP contribution >= 0.6 is 0 Å². The van der Waals surface area contributed by atoms with Crippen LogP contribution in [0.4, 0.5) is 0 Å². The topological polar surface area (TPSA) is 36.1 Å². The number of hydrogen-bond donors (Lipinski definition) is 3. The van der Waals surface area contributed by atoms with Crippen LogP contribution in [0.1, 0.15) is 20.3 Å². The van der Waals surface area contributed by atoms with E-state index in [0.29, 0.717) is 0 Å². The lowest BCUT2D eigenvalue weighted by atomic mass is 10.2. The van der Waals surface area contributed by atoms with Crippen LogP contribution in [0.25, 0.3) is 0 Å². The molecule has 0 fully saturated rings. The summed E-state index contributed by atoms with van der Waals surface area (Å²) in [6, 6.07) is 0. The number of likely N-dealkylation sites (N-methyl/N-ethyl adjacent to an activating group) is 1. The maximum absolute atomic E-state index is 3.43. The van der Waals surface area contributed by atoms with Gasteiger partial charge in [0.1, 0.15) is 0 Å². The Morgan fingerprint density at radius 3 is 2.88 bits per heavy atom. The minimum atomic E-state index is 0.941. The van der Waals surface area contributed by atoms with Crippen molar-refractivity contribution in [2.24, 2.45) is 0 Å². The Morgan fingerprint density at radius 2 is 2.25 bits per heavy atom. The summed E-state index contributed by atoms with van der Waals surface area (Å²) < 4.78 is 0. The highest BCUT2D eigenvalue weighted by Crippen LogP contribution is 2.03. The van der Waals surface area contributed by atoms with Crippen LogP contribution in [0.3, 0.4) is 0 Å². The van der Waals surface area contributed by atoms with Crippen molar-refractivity contribution in [2.75, 3.05) is 26.7 Å². The van der Waals surface area contributed by atoms with E-state index in [-0.39, 0.29) is 0 Å². The zero-order valence-corrected chi connectivity index (χ0v) is 10.6. The summed E-state index contributed by atoms with van der Waals surface area (Å²) >= 11 is 0. The van der Waals surface area contributed by atoms with Crippen molar-refractivity contribution in [2.45, 2.75) is 20.3 Å². The molecule has 90 valence electrons. The third kappa shape index (κ3) is 5.14. The van der Waals surface area contributed by atoms with Gasteiger partial charge in [-0.15, -0.1) is 0 Å². The Kier molecular flexibility index (Phi) is 5.90. The van der Waals surface area contributed by atoms with Crippen molar-refractivity contribution >= 4 is 0 Å². The maximum atomic E-state index is 3.43. The quantitative estimate of drug-likeness (QED) is 0.616. The monoisotopic (exact) mass is 221 g/mol. The fourth-order valence-electron chi connectivity index (χ4n) is 1.64. The highest BCUT2D eigenvalue weighted by molar-refractivity contribution is 5.19. The van der Waals surface area contributed by atoms with Crippen LogP contribution < -0.4 is 16.0 Å². The van der Waals surface area contributed by atoms with E-state index in [2.05, 4.69) is 48.0 Å². The lowest BCUT2D eigenvalue weighted by Gasteiger charge is -2.16. The second kappa shape index (κ2) is 7.25. The molecule has 0 aromatic carbocycles. The molecule has 0 aromatic rings. The smallest absolute Gasteiger partial charge is 0.0161 e. The number of hydrogen-bond acceptors (Lipinski definition) is 3. The molecule has 0 unspecified atom stereocenters. The molecule has 1 aliphatic rings. The zero-order chi connectivity index (χ0) is 11.8. The van der Waals surface area contributed by atoms with E-state index in [1.807, 2.05) is 7.05 Å². The molecule has 0 saturated heterocycles. The Labute approximate surface area is 98.7 Å². The van der Waals surface area contributed by atoms with E-state index >= 15 is 0 Å². The van der Waals surface area contributed by atoms with Crippen molar-refractivity contribution in [3.63, 3.8) is 0 Å². The molecular formula is C13H23N3. The molecule has 0 atom stereocenters. The standard InChI is InChI=1S/C13H23N3/c1-11(10-14-3)4-5-12(2)16-13-6-8-15-9-7-13/h4-6,14-16H,7-10H2,1-3H3/b11-4-,12-5+. The van der Waals surface area contributed by atoms with Crippen molar-refractivity contribution in [1.82, 2.24) is 16.0 Å². The van der Waals surface area contributed by atoms with E-state index in [4.69, 9.17) is 0 Å². The summed E-state index contributed by atoms with van der Waals surface area (Å²) in [6.07, 6.45) is 7.59. The third-order valence-corrected chi connectivity index (χ3v) is 2.50. The fourth-order valence-corrected chi connectivity index (χ4v) is 1.64. The minimum Gasteiger partial charge on any atom is -0.363 e. The van der Waals surface area contributed by atoms with Gasteiger partial charge in [-0.25, -0.2) is 0 Å². The summed E-state index contributed by atoms with van der Waals surface area (Å²) in [5.74, 6) is 0. The average Bonchev–Trinajstić information content (AvgIpc) is 2.28. The van der Waals surface area contributed by atoms with E-state index in [1.54, 1.807) is 0 Å². The lowest BCUT2D eigenvalue weighted by Crippen LogP contribution is -2.25. The van der Waals surface area contributed by atoms with Gasteiger partial charge in [-0.3, -0.25) is 0 Å². The molecule has 1 heterocycles. The molecule has 0 amide bonds. The van der Waals surface area contributed by atoms with Crippen molar-refractivity contribution in [3.05, 3.63) is 35.2 Å². The van der Waals surface area contributed by atoms with Crippen LogP contribution in [-0.4, -0.2) is 26.7 Å². The van der Waals surface area contributed by atoms with Crippen molar-refractivity contribution in [1.29, 1.82) is 0 Å². The highest BCUT2D eigenvalue weighted by Gasteiger charge is 2.01. The Hall–Kier alpha value is -1.06. The van der Waals surface area contributed by atoms with Gasteiger partial charge < -0.3 is 16.0 Å². The van der Waals surface area contributed by atoms with E-state index in [0.717, 1.165) is 26.1 Å². The Balaban J connectivity index is 2.44. The first kappa shape index (κ1) is 13.0. The molecular weight excluding hydrogens is 198 g/mol.